The molecule has 18 heavy (non-hydrogen) atoms. The Labute approximate surface area is 109 Å². The van der Waals surface area contributed by atoms with Crippen molar-refractivity contribution in [1.29, 1.82) is 0 Å². The minimum Gasteiger partial charge on any atom is -0.383 e. The van der Waals surface area contributed by atoms with Crippen LogP contribution >= 0.6 is 0 Å². The number of aryl methyl sites for hydroxylation is 1. The highest BCUT2D eigenvalue weighted by atomic mass is 16.5. The van der Waals surface area contributed by atoms with Gasteiger partial charge in [-0.1, -0.05) is 0 Å². The number of hydrogen-bond donors (Lipinski definition) is 1. The predicted octanol–water partition coefficient (Wildman–Crippen LogP) is 1.59. The number of pyridine rings is 1. The van der Waals surface area contributed by atoms with Crippen molar-refractivity contribution in [2.24, 2.45) is 0 Å². The molecule has 1 aromatic rings. The van der Waals surface area contributed by atoms with E-state index in [1.807, 2.05) is 13.1 Å². The van der Waals surface area contributed by atoms with Crippen LogP contribution in [-0.2, 0) is 4.74 Å². The van der Waals surface area contributed by atoms with Gasteiger partial charge >= 0.3 is 0 Å². The normalized spacial score (nSPS) is 19.1. The average molecular weight is 249 g/mol. The van der Waals surface area contributed by atoms with Crippen molar-refractivity contribution in [2.45, 2.75) is 25.8 Å². The Morgan fingerprint density at radius 2 is 2.44 bits per heavy atom. The first-order valence-electron chi connectivity index (χ1n) is 6.69. The van der Waals surface area contributed by atoms with Crippen LogP contribution in [0.5, 0.6) is 0 Å². The highest BCUT2D eigenvalue weighted by Gasteiger charge is 2.18. The maximum absolute atomic E-state index is 5.21. The third-order valence-corrected chi connectivity index (χ3v) is 3.41. The highest BCUT2D eigenvalue weighted by Crippen LogP contribution is 2.16. The smallest absolute Gasteiger partial charge is 0.0637 e. The van der Waals surface area contributed by atoms with Crippen molar-refractivity contribution in [1.82, 2.24) is 10.3 Å². The molecule has 1 fully saturated rings. The second kappa shape index (κ2) is 6.71. The van der Waals surface area contributed by atoms with Crippen LogP contribution in [0, 0.1) is 6.92 Å². The summed E-state index contributed by atoms with van der Waals surface area (Å²) in [5.74, 6) is 0. The van der Waals surface area contributed by atoms with Crippen LogP contribution in [0.4, 0.5) is 5.69 Å². The molecule has 0 aliphatic carbocycles. The Hall–Kier alpha value is -1.13. The number of methoxy groups -OCH3 is 1. The molecule has 0 aromatic carbocycles. The number of aromatic nitrogens is 1. The molecule has 2 rings (SSSR count). The van der Waals surface area contributed by atoms with Crippen LogP contribution in [0.15, 0.2) is 18.3 Å². The second-order valence-electron chi connectivity index (χ2n) is 4.89. The van der Waals surface area contributed by atoms with Gasteiger partial charge in [-0.05, 0) is 38.4 Å². The van der Waals surface area contributed by atoms with Crippen molar-refractivity contribution >= 4 is 5.69 Å². The van der Waals surface area contributed by atoms with Crippen LogP contribution in [-0.4, -0.2) is 44.4 Å². The van der Waals surface area contributed by atoms with Crippen molar-refractivity contribution in [3.8, 4) is 0 Å². The Morgan fingerprint density at radius 1 is 1.56 bits per heavy atom. The van der Waals surface area contributed by atoms with Crippen LogP contribution in [0.1, 0.15) is 18.5 Å². The van der Waals surface area contributed by atoms with Crippen LogP contribution in [0.25, 0.3) is 0 Å². The zero-order chi connectivity index (χ0) is 12.8. The van der Waals surface area contributed by atoms with E-state index in [1.165, 1.54) is 18.5 Å². The van der Waals surface area contributed by atoms with Crippen molar-refractivity contribution in [3.63, 3.8) is 0 Å². The quantitative estimate of drug-likeness (QED) is 0.831. The van der Waals surface area contributed by atoms with Crippen molar-refractivity contribution in [3.05, 3.63) is 24.0 Å². The maximum atomic E-state index is 5.21. The van der Waals surface area contributed by atoms with Gasteiger partial charge in [0, 0.05) is 43.8 Å². The lowest BCUT2D eigenvalue weighted by Crippen LogP contribution is -2.39. The number of anilines is 1. The van der Waals surface area contributed by atoms with Gasteiger partial charge in [0.2, 0.25) is 0 Å². The Morgan fingerprint density at radius 3 is 3.11 bits per heavy atom. The van der Waals surface area contributed by atoms with E-state index in [4.69, 9.17) is 4.74 Å². The summed E-state index contributed by atoms with van der Waals surface area (Å²) in [6.07, 6.45) is 4.44. The second-order valence-corrected chi connectivity index (χ2v) is 4.89. The van der Waals surface area contributed by atoms with Gasteiger partial charge in [-0.2, -0.15) is 0 Å². The Bertz CT molecular complexity index is 364. The molecule has 0 amide bonds. The van der Waals surface area contributed by atoms with Gasteiger partial charge in [-0.15, -0.1) is 0 Å². The fraction of sp³-hybridized carbons (Fsp3) is 0.643. The average Bonchev–Trinajstić information content (AvgIpc) is 2.87. The molecule has 4 nitrogen and oxygen atoms in total. The summed E-state index contributed by atoms with van der Waals surface area (Å²) in [5, 5.41) is 3.55. The molecule has 4 heteroatoms. The number of nitrogens with zero attached hydrogens (tertiary/aromatic N) is 2. The first-order valence-corrected chi connectivity index (χ1v) is 6.69. The van der Waals surface area contributed by atoms with E-state index in [9.17, 15) is 0 Å². The monoisotopic (exact) mass is 249 g/mol. The first kappa shape index (κ1) is 13.3. The van der Waals surface area contributed by atoms with Gasteiger partial charge < -0.3 is 15.0 Å². The molecule has 1 aliphatic heterocycles. The van der Waals surface area contributed by atoms with Gasteiger partial charge in [0.05, 0.1) is 6.61 Å². The zero-order valence-electron chi connectivity index (χ0n) is 11.4. The summed E-state index contributed by atoms with van der Waals surface area (Å²) in [6.45, 7) is 5.92. The third-order valence-electron chi connectivity index (χ3n) is 3.41. The molecule has 2 heterocycles. The van der Waals surface area contributed by atoms with Gasteiger partial charge in [0.15, 0.2) is 0 Å². The molecule has 100 valence electrons. The third kappa shape index (κ3) is 3.68. The van der Waals surface area contributed by atoms with E-state index < -0.39 is 0 Å². The minimum absolute atomic E-state index is 0.607. The summed E-state index contributed by atoms with van der Waals surface area (Å²) < 4.78 is 5.21. The van der Waals surface area contributed by atoms with Crippen molar-refractivity contribution < 1.29 is 4.74 Å². The SMILES string of the molecule is COCCN(CC1CCCN1)c1ccnc(C)c1. The summed E-state index contributed by atoms with van der Waals surface area (Å²) in [4.78, 5) is 6.65. The lowest BCUT2D eigenvalue weighted by Gasteiger charge is -2.27. The van der Waals surface area contributed by atoms with Gasteiger partial charge in [-0.25, -0.2) is 0 Å². The van der Waals surface area contributed by atoms with E-state index in [0.29, 0.717) is 6.04 Å². The molecule has 1 aromatic heterocycles. The summed E-state index contributed by atoms with van der Waals surface area (Å²) >= 11 is 0. The zero-order valence-corrected chi connectivity index (χ0v) is 11.4. The first-order chi connectivity index (χ1) is 8.79. The van der Waals surface area contributed by atoms with Gasteiger partial charge in [0.1, 0.15) is 0 Å². The maximum Gasteiger partial charge on any atom is 0.0637 e. The lowest BCUT2D eigenvalue weighted by atomic mass is 10.2. The molecule has 1 saturated heterocycles. The summed E-state index contributed by atoms with van der Waals surface area (Å²) in [5.41, 5.74) is 2.31. The van der Waals surface area contributed by atoms with E-state index in [-0.39, 0.29) is 0 Å². The van der Waals surface area contributed by atoms with Crippen molar-refractivity contribution in [2.75, 3.05) is 38.3 Å². The van der Waals surface area contributed by atoms with Crippen LogP contribution in [0.3, 0.4) is 0 Å². The topological polar surface area (TPSA) is 37.4 Å². The molecule has 0 radical (unpaired) electrons. The van der Waals surface area contributed by atoms with E-state index in [1.54, 1.807) is 7.11 Å². The van der Waals surface area contributed by atoms with Gasteiger partial charge in [-0.3, -0.25) is 4.98 Å². The Balaban J connectivity index is 2.03. The van der Waals surface area contributed by atoms with E-state index in [0.717, 1.165) is 31.9 Å². The van der Waals surface area contributed by atoms with Gasteiger partial charge in [0.25, 0.3) is 0 Å². The van der Waals surface area contributed by atoms with E-state index >= 15 is 0 Å². The highest BCUT2D eigenvalue weighted by molar-refractivity contribution is 5.46. The molecular formula is C14H23N3O. The van der Waals surface area contributed by atoms with Crippen LogP contribution < -0.4 is 10.2 Å². The standard InChI is InChI=1S/C14H23N3O/c1-12-10-14(5-7-15-12)17(8-9-18-2)11-13-4-3-6-16-13/h5,7,10,13,16H,3-4,6,8-9,11H2,1-2H3. The fourth-order valence-electron chi connectivity index (χ4n) is 2.43. The number of nitrogens with one attached hydrogen (secondary N) is 1. The number of ether oxygens (including phenoxy) is 1. The molecule has 1 N–H and O–H groups in total. The Kier molecular flexibility index (Phi) is 4.96. The molecule has 0 saturated carbocycles. The summed E-state index contributed by atoms with van der Waals surface area (Å²) in [7, 11) is 1.75. The molecule has 1 unspecified atom stereocenters. The number of hydrogen-bond acceptors (Lipinski definition) is 4. The lowest BCUT2D eigenvalue weighted by molar-refractivity contribution is 0.204. The molecule has 1 atom stereocenters. The summed E-state index contributed by atoms with van der Waals surface area (Å²) in [6, 6.07) is 4.83. The van der Waals surface area contributed by atoms with E-state index in [2.05, 4.69) is 27.3 Å². The number of rotatable bonds is 6. The predicted molar refractivity (Wildman–Crippen MR) is 74.1 cm³/mol. The molecule has 0 spiro atoms. The molecular weight excluding hydrogens is 226 g/mol. The molecule has 1 aliphatic rings. The fourth-order valence-corrected chi connectivity index (χ4v) is 2.43. The minimum atomic E-state index is 0.607. The van der Waals surface area contributed by atoms with Crippen LogP contribution in [0.2, 0.25) is 0 Å². The molecule has 0 bridgehead atoms. The largest absolute Gasteiger partial charge is 0.383 e.